The molecule has 29 heavy (non-hydrogen) atoms. The van der Waals surface area contributed by atoms with E-state index < -0.39 is 15.4 Å². The maximum absolute atomic E-state index is 13.3. The van der Waals surface area contributed by atoms with Crippen LogP contribution in [0.3, 0.4) is 0 Å². The number of nitrogens with zero attached hydrogens (tertiary/aromatic N) is 2. The molecule has 2 fully saturated rings. The molecule has 2 amide bonds. The molecule has 7 nitrogen and oxygen atoms in total. The van der Waals surface area contributed by atoms with Crippen molar-refractivity contribution in [3.05, 3.63) is 21.9 Å². The Labute approximate surface area is 176 Å². The van der Waals surface area contributed by atoms with Gasteiger partial charge in [0, 0.05) is 35.3 Å². The molecule has 0 bridgehead atoms. The van der Waals surface area contributed by atoms with E-state index in [1.165, 1.54) is 0 Å². The Hall–Kier alpha value is -1.61. The maximum Gasteiger partial charge on any atom is 0.410 e. The largest absolute Gasteiger partial charge is 0.444 e. The van der Waals surface area contributed by atoms with Crippen LogP contribution in [0.15, 0.2) is 12.1 Å². The summed E-state index contributed by atoms with van der Waals surface area (Å²) in [4.78, 5) is 31.5. The molecule has 0 radical (unpaired) electrons. The molecule has 1 aromatic rings. The average molecular weight is 443 g/mol. The number of piperazine rings is 1. The normalized spacial score (nSPS) is 23.1. The topological polar surface area (TPSA) is 84.0 Å². The number of carbonyl (C=O) groups excluding carboxylic acids is 2. The van der Waals surface area contributed by atoms with E-state index in [2.05, 4.69) is 0 Å². The molecule has 1 atom stereocenters. The smallest absolute Gasteiger partial charge is 0.410 e. The second-order valence-electron chi connectivity index (χ2n) is 8.85. The third kappa shape index (κ3) is 5.51. The van der Waals surface area contributed by atoms with Crippen LogP contribution < -0.4 is 0 Å². The van der Waals surface area contributed by atoms with E-state index in [4.69, 9.17) is 4.74 Å². The highest BCUT2D eigenvalue weighted by atomic mass is 32.2. The van der Waals surface area contributed by atoms with Crippen molar-refractivity contribution in [2.45, 2.75) is 52.2 Å². The van der Waals surface area contributed by atoms with Gasteiger partial charge < -0.3 is 14.5 Å². The number of sulfone groups is 1. The number of amides is 2. The van der Waals surface area contributed by atoms with Crippen molar-refractivity contribution in [1.29, 1.82) is 0 Å². The van der Waals surface area contributed by atoms with Crippen molar-refractivity contribution in [2.75, 3.05) is 31.1 Å². The zero-order chi connectivity index (χ0) is 21.4. The van der Waals surface area contributed by atoms with Gasteiger partial charge in [-0.3, -0.25) is 4.79 Å². The molecule has 2 aliphatic heterocycles. The van der Waals surface area contributed by atoms with Gasteiger partial charge in [0.1, 0.15) is 15.4 Å². The first-order chi connectivity index (χ1) is 13.5. The minimum Gasteiger partial charge on any atom is -0.444 e. The number of carbonyl (C=O) groups is 2. The fourth-order valence-electron chi connectivity index (χ4n) is 3.79. The highest BCUT2D eigenvalue weighted by Gasteiger charge is 2.39. The lowest BCUT2D eigenvalue weighted by atomic mass is 9.98. The van der Waals surface area contributed by atoms with Gasteiger partial charge in [0.2, 0.25) is 5.91 Å². The molecular weight excluding hydrogens is 412 g/mol. The summed E-state index contributed by atoms with van der Waals surface area (Å²) in [5.74, 6) is -0.122. The van der Waals surface area contributed by atoms with Crippen molar-refractivity contribution >= 4 is 33.2 Å². The van der Waals surface area contributed by atoms with Crippen molar-refractivity contribution in [1.82, 2.24) is 9.80 Å². The third-order valence-corrected chi connectivity index (χ3v) is 8.13. The summed E-state index contributed by atoms with van der Waals surface area (Å²) in [6, 6.07) is 3.79. The van der Waals surface area contributed by atoms with Gasteiger partial charge in [-0.2, -0.15) is 0 Å². The lowest BCUT2D eigenvalue weighted by Crippen LogP contribution is -2.54. The van der Waals surface area contributed by atoms with Gasteiger partial charge in [-0.25, -0.2) is 13.2 Å². The molecule has 2 saturated heterocycles. The summed E-state index contributed by atoms with van der Waals surface area (Å²) < 4.78 is 29.0. The Morgan fingerprint density at radius 3 is 2.34 bits per heavy atom. The highest BCUT2D eigenvalue weighted by molar-refractivity contribution is 7.91. The van der Waals surface area contributed by atoms with Crippen LogP contribution in [0.25, 0.3) is 0 Å². The minimum atomic E-state index is -3.02. The maximum atomic E-state index is 13.3. The Bertz CT molecular complexity index is 858. The number of hydrogen-bond acceptors (Lipinski definition) is 6. The second kappa shape index (κ2) is 8.26. The first-order valence-corrected chi connectivity index (χ1v) is 12.6. The molecule has 1 unspecified atom stereocenters. The van der Waals surface area contributed by atoms with E-state index >= 15 is 0 Å². The van der Waals surface area contributed by atoms with E-state index in [1.54, 1.807) is 16.2 Å². The molecule has 0 saturated carbocycles. The monoisotopic (exact) mass is 442 g/mol. The number of thiophene rings is 1. The second-order valence-corrected chi connectivity index (χ2v) is 12.5. The Morgan fingerprint density at radius 2 is 1.79 bits per heavy atom. The fraction of sp³-hybridized carbons (Fsp3) is 0.700. The molecule has 0 spiro atoms. The van der Waals surface area contributed by atoms with E-state index in [0.29, 0.717) is 32.5 Å². The molecule has 0 N–H and O–H groups in total. The summed E-state index contributed by atoms with van der Waals surface area (Å²) in [5, 5.41) is 0. The number of aryl methyl sites for hydroxylation is 1. The first-order valence-electron chi connectivity index (χ1n) is 10.0. The predicted octanol–water partition coefficient (Wildman–Crippen LogP) is 3.00. The van der Waals surface area contributed by atoms with Gasteiger partial charge in [0.25, 0.3) is 0 Å². The van der Waals surface area contributed by atoms with Gasteiger partial charge in [-0.1, -0.05) is 0 Å². The standard InChI is InChI=1S/C20H30N2O5S2/c1-14-5-6-17(28-14)16-13-21(19(24)27-20(2,3)4)9-10-22(16)18(23)15-7-11-29(25,26)12-8-15/h5-6,15-16H,7-13H2,1-4H3. The summed E-state index contributed by atoms with van der Waals surface area (Å²) in [6.45, 7) is 8.73. The zero-order valence-corrected chi connectivity index (χ0v) is 19.1. The van der Waals surface area contributed by atoms with Crippen LogP contribution in [0.4, 0.5) is 4.79 Å². The summed E-state index contributed by atoms with van der Waals surface area (Å²) in [6.07, 6.45) is 0.388. The fourth-order valence-corrected chi connectivity index (χ4v) is 6.26. The van der Waals surface area contributed by atoms with Gasteiger partial charge in [-0.05, 0) is 52.7 Å². The molecule has 3 heterocycles. The Balaban J connectivity index is 1.78. The first kappa shape index (κ1) is 22.1. The van der Waals surface area contributed by atoms with Crippen LogP contribution in [-0.4, -0.2) is 67.0 Å². The predicted molar refractivity (Wildman–Crippen MR) is 113 cm³/mol. The van der Waals surface area contributed by atoms with Crippen molar-refractivity contribution in [2.24, 2.45) is 5.92 Å². The summed E-state index contributed by atoms with van der Waals surface area (Å²) in [5.41, 5.74) is -0.577. The van der Waals surface area contributed by atoms with Crippen LogP contribution in [0.1, 0.15) is 49.4 Å². The minimum absolute atomic E-state index is 0.000193. The molecule has 162 valence electrons. The molecule has 3 rings (SSSR count). The molecular formula is C20H30N2O5S2. The summed E-state index contributed by atoms with van der Waals surface area (Å²) in [7, 11) is -3.02. The lowest BCUT2D eigenvalue weighted by molar-refractivity contribution is -0.141. The number of ether oxygens (including phenoxy) is 1. The number of hydrogen-bond donors (Lipinski definition) is 0. The van der Waals surface area contributed by atoms with Crippen molar-refractivity contribution in [3.63, 3.8) is 0 Å². The van der Waals surface area contributed by atoms with Gasteiger partial charge >= 0.3 is 6.09 Å². The third-order valence-electron chi connectivity index (χ3n) is 5.31. The van der Waals surface area contributed by atoms with Gasteiger partial charge in [-0.15, -0.1) is 11.3 Å². The van der Waals surface area contributed by atoms with Crippen molar-refractivity contribution in [3.8, 4) is 0 Å². The molecule has 9 heteroatoms. The quantitative estimate of drug-likeness (QED) is 0.703. The SMILES string of the molecule is Cc1ccc(C2CN(C(=O)OC(C)(C)C)CCN2C(=O)C2CCS(=O)(=O)CC2)s1. The van der Waals surface area contributed by atoms with Crippen LogP contribution in [-0.2, 0) is 19.4 Å². The van der Waals surface area contributed by atoms with E-state index in [1.807, 2.05) is 44.7 Å². The molecule has 1 aromatic heterocycles. The average Bonchev–Trinajstić information content (AvgIpc) is 3.05. The molecule has 0 aliphatic carbocycles. The molecule has 0 aromatic carbocycles. The Kier molecular flexibility index (Phi) is 6.29. The van der Waals surface area contributed by atoms with Crippen molar-refractivity contribution < 1.29 is 22.7 Å². The van der Waals surface area contributed by atoms with Crippen LogP contribution >= 0.6 is 11.3 Å². The van der Waals surface area contributed by atoms with Gasteiger partial charge in [0.05, 0.1) is 17.5 Å². The van der Waals surface area contributed by atoms with E-state index in [-0.39, 0.29) is 35.5 Å². The van der Waals surface area contributed by atoms with Crippen LogP contribution in [0, 0.1) is 12.8 Å². The Morgan fingerprint density at radius 1 is 1.14 bits per heavy atom. The van der Waals surface area contributed by atoms with E-state index in [9.17, 15) is 18.0 Å². The van der Waals surface area contributed by atoms with Crippen LogP contribution in [0.5, 0.6) is 0 Å². The van der Waals surface area contributed by atoms with E-state index in [0.717, 1.165) is 9.75 Å². The molecule has 2 aliphatic rings. The summed E-state index contributed by atoms with van der Waals surface area (Å²) >= 11 is 1.62. The number of rotatable bonds is 2. The zero-order valence-electron chi connectivity index (χ0n) is 17.5. The highest BCUT2D eigenvalue weighted by Crippen LogP contribution is 2.34. The lowest BCUT2D eigenvalue weighted by Gasteiger charge is -2.43. The van der Waals surface area contributed by atoms with Crippen LogP contribution in [0.2, 0.25) is 0 Å². The van der Waals surface area contributed by atoms with Gasteiger partial charge in [0.15, 0.2) is 0 Å².